The minimum Gasteiger partial charge on any atom is -0.287 e. The van der Waals surface area contributed by atoms with Gasteiger partial charge in [-0.1, -0.05) is 15.5 Å². The third-order valence-corrected chi connectivity index (χ3v) is 6.16. The highest BCUT2D eigenvalue weighted by Gasteiger charge is 2.16. The first-order chi connectivity index (χ1) is 7.34. The fourth-order valence-electron chi connectivity index (χ4n) is 2.02. The summed E-state index contributed by atoms with van der Waals surface area (Å²) >= 11 is 4.12. The second kappa shape index (κ2) is 6.54. The van der Waals surface area contributed by atoms with Gasteiger partial charge in [0.05, 0.1) is 0 Å². The maximum absolute atomic E-state index is 2.82. The molecule has 2 heterocycles. The average Bonchev–Trinajstić information content (AvgIpc) is 2.30. The molecule has 0 spiro atoms. The van der Waals surface area contributed by atoms with Gasteiger partial charge in [-0.25, -0.2) is 0 Å². The topological polar surface area (TPSA) is 3.24 Å². The van der Waals surface area contributed by atoms with Gasteiger partial charge in [0.15, 0.2) is 0 Å². The Bertz CT molecular complexity index is 217. The van der Waals surface area contributed by atoms with Crippen molar-refractivity contribution in [3.63, 3.8) is 0 Å². The Morgan fingerprint density at radius 1 is 1.27 bits per heavy atom. The summed E-state index contributed by atoms with van der Waals surface area (Å²) in [5.74, 6) is 3.61. The van der Waals surface area contributed by atoms with Gasteiger partial charge >= 0.3 is 0 Å². The highest BCUT2D eigenvalue weighted by Crippen LogP contribution is 2.35. The summed E-state index contributed by atoms with van der Waals surface area (Å²) in [6.07, 6.45) is 7.95. The molecule has 86 valence electrons. The molecule has 2 fully saturated rings. The van der Waals surface area contributed by atoms with E-state index in [2.05, 4.69) is 43.7 Å². The van der Waals surface area contributed by atoms with Crippen molar-refractivity contribution >= 4 is 32.9 Å². The monoisotopic (exact) mass is 261 g/mol. The fourth-order valence-corrected chi connectivity index (χ4v) is 4.74. The predicted octanol–water partition coefficient (Wildman–Crippen LogP) is 3.59. The van der Waals surface area contributed by atoms with Crippen LogP contribution in [0.5, 0.6) is 0 Å². The third kappa shape index (κ3) is 4.30. The van der Waals surface area contributed by atoms with Crippen molar-refractivity contribution in [2.45, 2.75) is 25.7 Å². The van der Waals surface area contributed by atoms with E-state index in [1.54, 1.807) is 4.24 Å². The molecule has 2 aliphatic heterocycles. The summed E-state index contributed by atoms with van der Waals surface area (Å²) in [5.41, 5.74) is 0. The lowest BCUT2D eigenvalue weighted by atomic mass is 9.95. The van der Waals surface area contributed by atoms with Crippen molar-refractivity contribution in [2.75, 3.05) is 24.6 Å². The Morgan fingerprint density at radius 3 is 2.60 bits per heavy atom. The third-order valence-electron chi connectivity index (χ3n) is 3.04. The summed E-state index contributed by atoms with van der Waals surface area (Å²) in [6, 6.07) is 0. The van der Waals surface area contributed by atoms with E-state index >= 15 is 0 Å². The molecule has 4 heteroatoms. The van der Waals surface area contributed by atoms with E-state index in [1.165, 1.54) is 50.3 Å². The average molecular weight is 261 g/mol. The molecule has 0 aromatic rings. The van der Waals surface area contributed by atoms with E-state index in [-0.39, 0.29) is 0 Å². The van der Waals surface area contributed by atoms with Crippen LogP contribution in [0.15, 0.2) is 10.3 Å². The molecule has 2 rings (SSSR count). The molecule has 0 amide bonds. The van der Waals surface area contributed by atoms with Crippen LogP contribution in [0.1, 0.15) is 25.7 Å². The van der Waals surface area contributed by atoms with Crippen molar-refractivity contribution in [1.29, 1.82) is 0 Å². The van der Waals surface area contributed by atoms with Crippen LogP contribution in [-0.2, 0) is 0 Å². The summed E-state index contributed by atoms with van der Waals surface area (Å²) in [5, 5.41) is 0. The van der Waals surface area contributed by atoms with Crippen LogP contribution in [0.3, 0.4) is 0 Å². The van der Waals surface area contributed by atoms with E-state index in [0.717, 1.165) is 5.92 Å². The molecule has 0 aromatic carbocycles. The fraction of sp³-hybridized carbons (Fsp3) is 0.818. The number of allylic oxidation sites excluding steroid dienone is 1. The van der Waals surface area contributed by atoms with E-state index in [1.807, 2.05) is 0 Å². The molecule has 0 aliphatic carbocycles. The van der Waals surface area contributed by atoms with Gasteiger partial charge in [-0.3, -0.25) is 4.67 Å². The summed E-state index contributed by atoms with van der Waals surface area (Å²) in [7, 11) is 2.82. The number of rotatable bonds is 2. The quantitative estimate of drug-likeness (QED) is 0.699. The van der Waals surface area contributed by atoms with Gasteiger partial charge < -0.3 is 0 Å². The lowest BCUT2D eigenvalue weighted by molar-refractivity contribution is 0.292. The van der Waals surface area contributed by atoms with Crippen molar-refractivity contribution in [1.82, 2.24) is 4.67 Å². The van der Waals surface area contributed by atoms with Crippen LogP contribution in [0.2, 0.25) is 0 Å². The van der Waals surface area contributed by atoms with Crippen LogP contribution in [0, 0.1) is 5.92 Å². The Balaban J connectivity index is 1.72. The van der Waals surface area contributed by atoms with E-state index in [0.29, 0.717) is 0 Å². The number of thioether (sulfide) groups is 2. The molecule has 0 N–H and O–H groups in total. The number of hydrogen-bond acceptors (Lipinski definition) is 3. The molecule has 15 heavy (non-hydrogen) atoms. The molecule has 2 aliphatic rings. The molecular formula is C11H20NPS2. The minimum absolute atomic E-state index is 0.942. The van der Waals surface area contributed by atoms with Crippen LogP contribution in [-0.4, -0.2) is 29.3 Å². The zero-order chi connectivity index (χ0) is 10.5. The van der Waals surface area contributed by atoms with Crippen LogP contribution in [0.4, 0.5) is 0 Å². The molecule has 2 saturated heterocycles. The maximum atomic E-state index is 2.82. The van der Waals surface area contributed by atoms with Gasteiger partial charge in [-0.15, -0.1) is 23.5 Å². The summed E-state index contributed by atoms with van der Waals surface area (Å²) in [6.45, 7) is 2.53. The Kier molecular flexibility index (Phi) is 5.36. The van der Waals surface area contributed by atoms with Crippen molar-refractivity contribution in [3.05, 3.63) is 10.3 Å². The standard InChI is InChI=1S/C11H20NPS2/c13-12-6-4-10(5-7-12)2-3-11-14-8-1-9-15-11/h3,10H,1-2,4-9,13H2. The normalized spacial score (nSPS) is 25.5. The predicted molar refractivity (Wildman–Crippen MR) is 76.2 cm³/mol. The first-order valence-electron chi connectivity index (χ1n) is 5.80. The van der Waals surface area contributed by atoms with Crippen molar-refractivity contribution in [3.8, 4) is 0 Å². The molecule has 0 radical (unpaired) electrons. The molecule has 1 unspecified atom stereocenters. The zero-order valence-corrected chi connectivity index (χ0v) is 11.9. The zero-order valence-electron chi connectivity index (χ0n) is 9.15. The second-order valence-corrected chi connectivity index (χ2v) is 7.55. The van der Waals surface area contributed by atoms with Gasteiger partial charge in [0, 0.05) is 17.3 Å². The highest BCUT2D eigenvalue weighted by atomic mass is 32.2. The summed E-state index contributed by atoms with van der Waals surface area (Å²) < 4.78 is 3.96. The van der Waals surface area contributed by atoms with Gasteiger partial charge in [-0.2, -0.15) is 0 Å². The van der Waals surface area contributed by atoms with E-state index in [4.69, 9.17) is 0 Å². The maximum Gasteiger partial charge on any atom is 0.0360 e. The molecular weight excluding hydrogens is 241 g/mol. The molecule has 0 aromatic heterocycles. The first kappa shape index (κ1) is 12.3. The second-order valence-electron chi connectivity index (χ2n) is 4.29. The molecule has 0 saturated carbocycles. The van der Waals surface area contributed by atoms with Gasteiger partial charge in [-0.05, 0) is 43.1 Å². The lowest BCUT2D eigenvalue weighted by Crippen LogP contribution is -2.25. The van der Waals surface area contributed by atoms with Gasteiger partial charge in [0.2, 0.25) is 0 Å². The molecule has 1 nitrogen and oxygen atoms in total. The number of hydrogen-bond donors (Lipinski definition) is 0. The smallest absolute Gasteiger partial charge is 0.0360 e. The Hall–Kier alpha value is 0.830. The number of piperidine rings is 1. The molecule has 0 bridgehead atoms. The van der Waals surface area contributed by atoms with E-state index < -0.39 is 0 Å². The van der Waals surface area contributed by atoms with Crippen molar-refractivity contribution in [2.24, 2.45) is 5.92 Å². The van der Waals surface area contributed by atoms with Crippen LogP contribution >= 0.6 is 32.9 Å². The van der Waals surface area contributed by atoms with Crippen molar-refractivity contribution < 1.29 is 0 Å². The van der Waals surface area contributed by atoms with E-state index in [9.17, 15) is 0 Å². The number of nitrogens with zero attached hydrogens (tertiary/aromatic N) is 1. The van der Waals surface area contributed by atoms with Crippen LogP contribution in [0.25, 0.3) is 0 Å². The first-order valence-corrected chi connectivity index (χ1v) is 8.29. The van der Waals surface area contributed by atoms with Gasteiger partial charge in [0.25, 0.3) is 0 Å². The largest absolute Gasteiger partial charge is 0.287 e. The van der Waals surface area contributed by atoms with Crippen LogP contribution < -0.4 is 0 Å². The lowest BCUT2D eigenvalue weighted by Gasteiger charge is -2.28. The van der Waals surface area contributed by atoms with Gasteiger partial charge in [0.1, 0.15) is 0 Å². The summed E-state index contributed by atoms with van der Waals surface area (Å²) in [4.78, 5) is 0. The minimum atomic E-state index is 0.942. The Morgan fingerprint density at radius 2 is 1.93 bits per heavy atom. The highest BCUT2D eigenvalue weighted by molar-refractivity contribution is 8.22. The SMILES string of the molecule is PN1CCC(CC=C2SCCCS2)CC1. The Labute approximate surface area is 104 Å². The molecule has 1 atom stereocenters.